The first-order chi connectivity index (χ1) is 6.27. The number of rotatable bonds is 1. The number of anilines is 1. The van der Waals surface area contributed by atoms with Crippen LogP contribution in [0.15, 0.2) is 6.20 Å². The number of hydrogen-bond donors (Lipinski definition) is 2. The highest BCUT2D eigenvalue weighted by atomic mass is 16.3. The summed E-state index contributed by atoms with van der Waals surface area (Å²) in [7, 11) is 0. The van der Waals surface area contributed by atoms with E-state index in [1.165, 1.54) is 6.20 Å². The first-order valence-corrected chi connectivity index (χ1v) is 4.63. The Labute approximate surface area is 76.5 Å². The fourth-order valence-corrected chi connectivity index (χ4v) is 1.81. The number of aromatic nitrogens is 3. The van der Waals surface area contributed by atoms with Crippen molar-refractivity contribution >= 4 is 5.82 Å². The largest absolute Gasteiger partial charge is 0.391 e. The number of aliphatic hydroxyl groups is 1. The molecule has 2 unspecified atom stereocenters. The van der Waals surface area contributed by atoms with E-state index < -0.39 is 0 Å². The molecule has 1 aliphatic carbocycles. The summed E-state index contributed by atoms with van der Waals surface area (Å²) in [6.07, 6.45) is 5.20. The standard InChI is InChI=1S/C8H14N4O/c9-8-5-10-12(11-8)6-3-1-2-4-7(6)13/h5-7,13H,1-4H2,(H2,9,11). The van der Waals surface area contributed by atoms with Crippen molar-refractivity contribution in [3.8, 4) is 0 Å². The molecule has 0 amide bonds. The number of nitrogens with two attached hydrogens (primary N) is 1. The topological polar surface area (TPSA) is 77.0 Å². The van der Waals surface area contributed by atoms with E-state index in [0.717, 1.165) is 25.7 Å². The predicted octanol–water partition coefficient (Wildman–Crippen LogP) is 0.336. The van der Waals surface area contributed by atoms with E-state index in [1.54, 1.807) is 4.80 Å². The average molecular weight is 182 g/mol. The van der Waals surface area contributed by atoms with Gasteiger partial charge < -0.3 is 10.8 Å². The maximum absolute atomic E-state index is 9.69. The molecule has 1 aromatic rings. The van der Waals surface area contributed by atoms with Gasteiger partial charge in [-0.05, 0) is 12.8 Å². The molecule has 1 aliphatic rings. The molecule has 72 valence electrons. The first-order valence-electron chi connectivity index (χ1n) is 4.63. The molecule has 3 N–H and O–H groups in total. The van der Waals surface area contributed by atoms with Crippen LogP contribution >= 0.6 is 0 Å². The minimum absolute atomic E-state index is 0.0195. The van der Waals surface area contributed by atoms with E-state index >= 15 is 0 Å². The molecule has 5 heteroatoms. The number of aliphatic hydroxyl groups excluding tert-OH is 1. The normalized spacial score (nSPS) is 29.0. The highest BCUT2D eigenvalue weighted by molar-refractivity contribution is 5.19. The average Bonchev–Trinajstić information content (AvgIpc) is 2.53. The number of nitrogens with zero attached hydrogens (tertiary/aromatic N) is 3. The van der Waals surface area contributed by atoms with E-state index in [4.69, 9.17) is 5.73 Å². The lowest BCUT2D eigenvalue weighted by Crippen LogP contribution is -2.29. The molecule has 1 saturated carbocycles. The summed E-state index contributed by atoms with van der Waals surface area (Å²) in [5.41, 5.74) is 5.45. The molecule has 13 heavy (non-hydrogen) atoms. The Hall–Kier alpha value is -1.10. The lowest BCUT2D eigenvalue weighted by molar-refractivity contribution is 0.0623. The lowest BCUT2D eigenvalue weighted by Gasteiger charge is -2.26. The van der Waals surface area contributed by atoms with Crippen molar-refractivity contribution in [1.82, 2.24) is 15.0 Å². The lowest BCUT2D eigenvalue weighted by atomic mass is 9.93. The second-order valence-electron chi connectivity index (χ2n) is 3.51. The van der Waals surface area contributed by atoms with Crippen molar-refractivity contribution in [2.75, 3.05) is 5.73 Å². The van der Waals surface area contributed by atoms with E-state index in [-0.39, 0.29) is 12.1 Å². The zero-order valence-electron chi connectivity index (χ0n) is 7.43. The van der Waals surface area contributed by atoms with Gasteiger partial charge in [0.05, 0.1) is 18.3 Å². The highest BCUT2D eigenvalue weighted by Gasteiger charge is 2.25. The fourth-order valence-electron chi connectivity index (χ4n) is 1.81. The van der Waals surface area contributed by atoms with Gasteiger partial charge in [-0.15, -0.1) is 5.10 Å². The van der Waals surface area contributed by atoms with Crippen molar-refractivity contribution in [3.63, 3.8) is 0 Å². The number of nitrogen functional groups attached to an aromatic ring is 1. The van der Waals surface area contributed by atoms with Gasteiger partial charge in [0, 0.05) is 0 Å². The summed E-state index contributed by atoms with van der Waals surface area (Å²) >= 11 is 0. The quantitative estimate of drug-likeness (QED) is 0.656. The van der Waals surface area contributed by atoms with Gasteiger partial charge in [0.25, 0.3) is 0 Å². The Morgan fingerprint density at radius 2 is 2.23 bits per heavy atom. The van der Waals surface area contributed by atoms with Crippen LogP contribution in [0.3, 0.4) is 0 Å². The maximum Gasteiger partial charge on any atom is 0.165 e. The Balaban J connectivity index is 2.14. The van der Waals surface area contributed by atoms with Crippen LogP contribution < -0.4 is 5.73 Å². The molecule has 1 heterocycles. The molecule has 1 aromatic heterocycles. The van der Waals surface area contributed by atoms with Gasteiger partial charge in [-0.2, -0.15) is 9.90 Å². The van der Waals surface area contributed by atoms with Gasteiger partial charge in [-0.25, -0.2) is 0 Å². The Bertz CT molecular complexity index is 285. The zero-order valence-corrected chi connectivity index (χ0v) is 7.43. The Kier molecular flexibility index (Phi) is 2.18. The van der Waals surface area contributed by atoms with Crippen LogP contribution in [0.2, 0.25) is 0 Å². The van der Waals surface area contributed by atoms with Crippen LogP contribution in [0.25, 0.3) is 0 Å². The summed E-state index contributed by atoms with van der Waals surface area (Å²) in [5.74, 6) is 0.415. The van der Waals surface area contributed by atoms with E-state index in [9.17, 15) is 5.11 Å². The van der Waals surface area contributed by atoms with Crippen molar-refractivity contribution < 1.29 is 5.11 Å². The second-order valence-corrected chi connectivity index (χ2v) is 3.51. The van der Waals surface area contributed by atoms with E-state index in [1.807, 2.05) is 0 Å². The van der Waals surface area contributed by atoms with Crippen LogP contribution in [0, 0.1) is 0 Å². The smallest absolute Gasteiger partial charge is 0.165 e. The molecule has 5 nitrogen and oxygen atoms in total. The molecule has 0 aliphatic heterocycles. The van der Waals surface area contributed by atoms with Gasteiger partial charge in [0.2, 0.25) is 0 Å². The van der Waals surface area contributed by atoms with Crippen LogP contribution in [0.5, 0.6) is 0 Å². The third kappa shape index (κ3) is 1.65. The van der Waals surface area contributed by atoms with Gasteiger partial charge >= 0.3 is 0 Å². The van der Waals surface area contributed by atoms with E-state index in [0.29, 0.717) is 5.82 Å². The van der Waals surface area contributed by atoms with Gasteiger partial charge in [0.1, 0.15) is 0 Å². The molecule has 1 fully saturated rings. The molecular weight excluding hydrogens is 168 g/mol. The molecule has 0 radical (unpaired) electrons. The Morgan fingerprint density at radius 1 is 1.46 bits per heavy atom. The molecular formula is C8H14N4O. The minimum Gasteiger partial charge on any atom is -0.391 e. The molecule has 0 bridgehead atoms. The minimum atomic E-state index is -0.319. The van der Waals surface area contributed by atoms with Crippen molar-refractivity contribution in [3.05, 3.63) is 6.20 Å². The van der Waals surface area contributed by atoms with Gasteiger partial charge in [-0.3, -0.25) is 0 Å². The van der Waals surface area contributed by atoms with Crippen LogP contribution in [-0.4, -0.2) is 26.2 Å². The molecule has 2 rings (SSSR count). The first kappa shape index (κ1) is 8.50. The van der Waals surface area contributed by atoms with Crippen LogP contribution in [-0.2, 0) is 0 Å². The predicted molar refractivity (Wildman–Crippen MR) is 47.9 cm³/mol. The summed E-state index contributed by atoms with van der Waals surface area (Å²) in [5, 5.41) is 17.7. The highest BCUT2D eigenvalue weighted by Crippen LogP contribution is 2.27. The molecule has 2 atom stereocenters. The molecule has 0 spiro atoms. The molecule has 0 saturated heterocycles. The van der Waals surface area contributed by atoms with E-state index in [2.05, 4.69) is 10.2 Å². The maximum atomic E-state index is 9.69. The Morgan fingerprint density at radius 3 is 2.85 bits per heavy atom. The SMILES string of the molecule is Nc1cnn(C2CCCCC2O)n1. The second kappa shape index (κ2) is 3.33. The van der Waals surface area contributed by atoms with Crippen molar-refractivity contribution in [2.45, 2.75) is 37.8 Å². The summed E-state index contributed by atoms with van der Waals surface area (Å²) < 4.78 is 0. The monoisotopic (exact) mass is 182 g/mol. The summed E-state index contributed by atoms with van der Waals surface area (Å²) in [4.78, 5) is 1.54. The fraction of sp³-hybridized carbons (Fsp3) is 0.750. The third-order valence-corrected chi connectivity index (χ3v) is 2.52. The van der Waals surface area contributed by atoms with Crippen LogP contribution in [0.1, 0.15) is 31.7 Å². The van der Waals surface area contributed by atoms with Gasteiger partial charge in [-0.1, -0.05) is 12.8 Å². The number of hydrogen-bond acceptors (Lipinski definition) is 4. The molecule has 0 aromatic carbocycles. The van der Waals surface area contributed by atoms with Crippen molar-refractivity contribution in [2.24, 2.45) is 0 Å². The summed E-state index contributed by atoms with van der Waals surface area (Å²) in [6.45, 7) is 0. The van der Waals surface area contributed by atoms with Gasteiger partial charge in [0.15, 0.2) is 5.82 Å². The third-order valence-electron chi connectivity index (χ3n) is 2.52. The zero-order chi connectivity index (χ0) is 9.26. The summed E-state index contributed by atoms with van der Waals surface area (Å²) in [6, 6.07) is 0.0195. The van der Waals surface area contributed by atoms with Crippen molar-refractivity contribution in [1.29, 1.82) is 0 Å². The van der Waals surface area contributed by atoms with Crippen LogP contribution in [0.4, 0.5) is 5.82 Å².